The maximum atomic E-state index is 13.1. The number of methoxy groups -OCH3 is 2. The van der Waals surface area contributed by atoms with E-state index in [1.165, 1.54) is 32.6 Å². The fourth-order valence-corrected chi connectivity index (χ4v) is 1.75. The van der Waals surface area contributed by atoms with E-state index >= 15 is 0 Å². The molecule has 20 heavy (non-hydrogen) atoms. The van der Waals surface area contributed by atoms with E-state index in [1.54, 1.807) is 12.1 Å². The highest BCUT2D eigenvalue weighted by molar-refractivity contribution is 5.87. The molecule has 0 spiro atoms. The number of hydrogen-bond donors (Lipinski definition) is 1. The molecular formula is C14H14FNO4. The first-order valence-corrected chi connectivity index (χ1v) is 5.87. The van der Waals surface area contributed by atoms with E-state index in [2.05, 4.69) is 10.1 Å². The van der Waals surface area contributed by atoms with Crippen molar-refractivity contribution in [1.82, 2.24) is 0 Å². The number of nitrogens with one attached hydrogen (secondary N) is 1. The molecule has 0 radical (unpaired) electrons. The fraction of sp³-hybridized carbons (Fsp3) is 0.214. The van der Waals surface area contributed by atoms with Crippen LogP contribution >= 0.6 is 0 Å². The van der Waals surface area contributed by atoms with Crippen molar-refractivity contribution < 1.29 is 23.1 Å². The van der Waals surface area contributed by atoms with Gasteiger partial charge in [0.05, 0.1) is 26.2 Å². The molecule has 2 aromatic rings. The van der Waals surface area contributed by atoms with Crippen LogP contribution in [-0.2, 0) is 11.3 Å². The molecule has 0 amide bonds. The van der Waals surface area contributed by atoms with Crippen LogP contribution in [0.3, 0.4) is 0 Å². The Bertz CT molecular complexity index is 609. The third-order valence-electron chi connectivity index (χ3n) is 2.75. The summed E-state index contributed by atoms with van der Waals surface area (Å²) in [7, 11) is 2.74. The SMILES string of the molecule is COC(=O)c1occc1CNc1ccc(F)cc1OC. The Morgan fingerprint density at radius 3 is 2.85 bits per heavy atom. The molecule has 2 rings (SSSR count). The van der Waals surface area contributed by atoms with Crippen molar-refractivity contribution in [3.05, 3.63) is 47.7 Å². The van der Waals surface area contributed by atoms with Gasteiger partial charge in [0, 0.05) is 18.2 Å². The van der Waals surface area contributed by atoms with E-state index in [-0.39, 0.29) is 11.6 Å². The van der Waals surface area contributed by atoms with Crippen LogP contribution in [0.4, 0.5) is 10.1 Å². The topological polar surface area (TPSA) is 60.7 Å². The van der Waals surface area contributed by atoms with Gasteiger partial charge in [0.2, 0.25) is 5.76 Å². The van der Waals surface area contributed by atoms with Crippen molar-refractivity contribution in [2.24, 2.45) is 0 Å². The van der Waals surface area contributed by atoms with Gasteiger partial charge >= 0.3 is 5.97 Å². The molecule has 0 unspecified atom stereocenters. The van der Waals surface area contributed by atoms with Gasteiger partial charge in [-0.1, -0.05) is 0 Å². The number of esters is 1. The molecule has 6 heteroatoms. The number of ether oxygens (including phenoxy) is 2. The third kappa shape index (κ3) is 2.90. The van der Waals surface area contributed by atoms with E-state index in [4.69, 9.17) is 9.15 Å². The van der Waals surface area contributed by atoms with Crippen molar-refractivity contribution in [3.63, 3.8) is 0 Å². The van der Waals surface area contributed by atoms with Gasteiger partial charge in [-0.2, -0.15) is 0 Å². The minimum atomic E-state index is -0.544. The molecule has 0 saturated heterocycles. The van der Waals surface area contributed by atoms with Gasteiger partial charge in [-0.3, -0.25) is 0 Å². The quantitative estimate of drug-likeness (QED) is 0.853. The van der Waals surface area contributed by atoms with Crippen molar-refractivity contribution in [1.29, 1.82) is 0 Å². The minimum absolute atomic E-state index is 0.140. The average Bonchev–Trinajstić information content (AvgIpc) is 2.93. The molecule has 0 bridgehead atoms. The third-order valence-corrected chi connectivity index (χ3v) is 2.75. The molecule has 0 atom stereocenters. The molecule has 1 aromatic heterocycles. The number of halogens is 1. The molecular weight excluding hydrogens is 265 g/mol. The number of benzene rings is 1. The van der Waals surface area contributed by atoms with Gasteiger partial charge in [0.15, 0.2) is 0 Å². The Hall–Kier alpha value is -2.50. The monoisotopic (exact) mass is 279 g/mol. The van der Waals surface area contributed by atoms with Gasteiger partial charge in [0.25, 0.3) is 0 Å². The lowest BCUT2D eigenvalue weighted by Crippen LogP contribution is -2.07. The number of furan rings is 1. The molecule has 0 aliphatic rings. The highest BCUT2D eigenvalue weighted by Crippen LogP contribution is 2.26. The summed E-state index contributed by atoms with van der Waals surface area (Å²) >= 11 is 0. The lowest BCUT2D eigenvalue weighted by atomic mass is 10.2. The first-order chi connectivity index (χ1) is 9.65. The van der Waals surface area contributed by atoms with Crippen molar-refractivity contribution >= 4 is 11.7 Å². The smallest absolute Gasteiger partial charge is 0.374 e. The maximum absolute atomic E-state index is 13.1. The van der Waals surface area contributed by atoms with E-state index in [1.807, 2.05) is 0 Å². The standard InChI is InChI=1S/C14H14FNO4/c1-18-12-7-10(15)3-4-11(12)16-8-9-5-6-20-13(9)14(17)19-2/h3-7,16H,8H2,1-2H3. The Balaban J connectivity index is 2.13. The zero-order valence-corrected chi connectivity index (χ0v) is 11.1. The lowest BCUT2D eigenvalue weighted by molar-refractivity contribution is 0.0563. The zero-order chi connectivity index (χ0) is 14.5. The van der Waals surface area contributed by atoms with Crippen LogP contribution < -0.4 is 10.1 Å². The van der Waals surface area contributed by atoms with Gasteiger partial charge in [-0.25, -0.2) is 9.18 Å². The molecule has 5 nitrogen and oxygen atoms in total. The van der Waals surface area contributed by atoms with E-state index < -0.39 is 5.97 Å². The summed E-state index contributed by atoms with van der Waals surface area (Å²) in [5.74, 6) is -0.405. The Morgan fingerprint density at radius 2 is 2.15 bits per heavy atom. The normalized spacial score (nSPS) is 10.2. The Morgan fingerprint density at radius 1 is 1.35 bits per heavy atom. The summed E-state index contributed by atoms with van der Waals surface area (Å²) in [5, 5.41) is 3.05. The molecule has 0 saturated carbocycles. The number of hydrogen-bond acceptors (Lipinski definition) is 5. The Labute approximate surface area is 115 Å². The first-order valence-electron chi connectivity index (χ1n) is 5.87. The molecule has 1 aromatic carbocycles. The number of carbonyl (C=O) groups excluding carboxylic acids is 1. The lowest BCUT2D eigenvalue weighted by Gasteiger charge is -2.10. The minimum Gasteiger partial charge on any atom is -0.494 e. The molecule has 106 valence electrons. The summed E-state index contributed by atoms with van der Waals surface area (Å²) < 4.78 is 27.8. The predicted octanol–water partition coefficient (Wildman–Crippen LogP) is 2.83. The van der Waals surface area contributed by atoms with Crippen molar-refractivity contribution in [3.8, 4) is 5.75 Å². The van der Waals surface area contributed by atoms with Crippen LogP contribution in [0.2, 0.25) is 0 Å². The number of rotatable bonds is 5. The largest absolute Gasteiger partial charge is 0.494 e. The highest BCUT2D eigenvalue weighted by atomic mass is 19.1. The summed E-state index contributed by atoms with van der Waals surface area (Å²) in [4.78, 5) is 11.5. The second-order valence-corrected chi connectivity index (χ2v) is 3.96. The van der Waals surface area contributed by atoms with Crippen LogP contribution in [0.25, 0.3) is 0 Å². The Kier molecular flexibility index (Phi) is 4.24. The highest BCUT2D eigenvalue weighted by Gasteiger charge is 2.16. The zero-order valence-electron chi connectivity index (χ0n) is 11.1. The van der Waals surface area contributed by atoms with Crippen LogP contribution in [-0.4, -0.2) is 20.2 Å². The molecule has 0 fully saturated rings. The van der Waals surface area contributed by atoms with Crippen LogP contribution in [0.5, 0.6) is 5.75 Å². The van der Waals surface area contributed by atoms with E-state index in [9.17, 15) is 9.18 Å². The van der Waals surface area contributed by atoms with Crippen LogP contribution in [0.1, 0.15) is 16.1 Å². The molecule has 1 N–H and O–H groups in total. The van der Waals surface area contributed by atoms with Gasteiger partial charge in [-0.15, -0.1) is 0 Å². The summed E-state index contributed by atoms with van der Waals surface area (Å²) in [6.45, 7) is 0.322. The predicted molar refractivity (Wildman–Crippen MR) is 70.3 cm³/mol. The van der Waals surface area contributed by atoms with Crippen molar-refractivity contribution in [2.75, 3.05) is 19.5 Å². The van der Waals surface area contributed by atoms with E-state index in [0.717, 1.165) is 0 Å². The van der Waals surface area contributed by atoms with Gasteiger partial charge < -0.3 is 19.2 Å². The molecule has 0 aliphatic carbocycles. The summed E-state index contributed by atoms with van der Waals surface area (Å²) in [5.41, 5.74) is 1.26. The van der Waals surface area contributed by atoms with Gasteiger partial charge in [0.1, 0.15) is 11.6 Å². The summed E-state index contributed by atoms with van der Waals surface area (Å²) in [6, 6.07) is 5.82. The molecule has 0 aliphatic heterocycles. The maximum Gasteiger partial charge on any atom is 0.374 e. The van der Waals surface area contributed by atoms with Crippen molar-refractivity contribution in [2.45, 2.75) is 6.54 Å². The molecule has 1 heterocycles. The number of anilines is 1. The average molecular weight is 279 g/mol. The number of carbonyl (C=O) groups is 1. The first kappa shape index (κ1) is 13.9. The second kappa shape index (κ2) is 6.10. The summed E-state index contributed by atoms with van der Waals surface area (Å²) in [6.07, 6.45) is 1.41. The van der Waals surface area contributed by atoms with E-state index in [0.29, 0.717) is 23.5 Å². The fourth-order valence-electron chi connectivity index (χ4n) is 1.75. The van der Waals surface area contributed by atoms with Crippen LogP contribution in [0, 0.1) is 5.82 Å². The van der Waals surface area contributed by atoms with Gasteiger partial charge in [-0.05, 0) is 18.2 Å². The second-order valence-electron chi connectivity index (χ2n) is 3.96. The van der Waals surface area contributed by atoms with Crippen LogP contribution in [0.15, 0.2) is 34.9 Å².